The van der Waals surface area contributed by atoms with E-state index in [2.05, 4.69) is 10.0 Å². The van der Waals surface area contributed by atoms with E-state index in [1.165, 1.54) is 43.5 Å². The van der Waals surface area contributed by atoms with Gasteiger partial charge in [-0.05, 0) is 53.6 Å². The van der Waals surface area contributed by atoms with Crippen LogP contribution in [0.25, 0.3) is 32.7 Å². The number of amides is 1. The molecule has 0 saturated heterocycles. The largest absolute Gasteiger partial charge is 0.507 e. The molecule has 0 radical (unpaired) electrons. The number of hydrogen-bond acceptors (Lipinski definition) is 8. The predicted octanol–water partition coefficient (Wildman–Crippen LogP) is 5.49. The van der Waals surface area contributed by atoms with Gasteiger partial charge >= 0.3 is 12.1 Å². The molecule has 5 rings (SSSR count). The molecule has 0 saturated carbocycles. The number of rotatable bonds is 10. The van der Waals surface area contributed by atoms with E-state index in [-0.39, 0.29) is 53.0 Å². The number of aliphatic carboxylic acids is 1. The highest BCUT2D eigenvalue weighted by Crippen LogP contribution is 2.47. The predicted molar refractivity (Wildman–Crippen MR) is 174 cm³/mol. The van der Waals surface area contributed by atoms with Gasteiger partial charge in [-0.3, -0.25) is 9.52 Å². The van der Waals surface area contributed by atoms with E-state index >= 15 is 0 Å². The van der Waals surface area contributed by atoms with Crippen molar-refractivity contribution in [3.05, 3.63) is 91.0 Å². The zero-order valence-corrected chi connectivity index (χ0v) is 25.5. The minimum atomic E-state index is -4.09. The Hall–Kier alpha value is -5.04. The Kier molecular flexibility index (Phi) is 10.0. The van der Waals surface area contributed by atoms with E-state index in [1.54, 1.807) is 42.5 Å². The number of benzene rings is 5. The van der Waals surface area contributed by atoms with Crippen LogP contribution in [0.5, 0.6) is 17.2 Å². The number of ether oxygens (including phenoxy) is 2. The molecule has 0 aliphatic heterocycles. The Morgan fingerprint density at radius 1 is 0.911 bits per heavy atom. The summed E-state index contributed by atoms with van der Waals surface area (Å²) in [6.45, 7) is -0.0706. The van der Waals surface area contributed by atoms with Crippen molar-refractivity contribution in [3.8, 4) is 28.4 Å². The van der Waals surface area contributed by atoms with Crippen molar-refractivity contribution in [1.29, 1.82) is 0 Å². The van der Waals surface area contributed by atoms with E-state index in [0.29, 0.717) is 27.5 Å². The zero-order valence-electron chi connectivity index (χ0n) is 23.9. The first-order valence-electron chi connectivity index (χ1n) is 13.5. The lowest BCUT2D eigenvalue weighted by atomic mass is 9.93. The number of carboxylic acid groups (broad SMARTS) is 1. The van der Waals surface area contributed by atoms with Crippen molar-refractivity contribution in [1.82, 2.24) is 5.32 Å². The van der Waals surface area contributed by atoms with Gasteiger partial charge in [0.1, 0.15) is 23.3 Å². The Labute approximate surface area is 265 Å². The van der Waals surface area contributed by atoms with Crippen LogP contribution in [0.15, 0.2) is 95.9 Å². The standard InChI is InChI=1S/C32H29N3O8S.ClH/c1-42-20-11-13-21(14-12-20)44(40,41)35-27-18-25(29-22-7-3-2-6-19(22)10-15-28(29)36)30(24-9-5-4-8-23(24)27)43-32(39)34-17-16-26(33)31(37)38;/h2-15,18,26,35-36H,16-17,33H2,1H3,(H,34,39)(H,37,38);1H. The summed E-state index contributed by atoms with van der Waals surface area (Å²) < 4.78 is 40.6. The number of nitrogens with one attached hydrogen (secondary N) is 2. The van der Waals surface area contributed by atoms with E-state index in [9.17, 15) is 23.1 Å². The maximum atomic E-state index is 13.5. The number of halogens is 1. The third-order valence-electron chi connectivity index (χ3n) is 7.02. The molecule has 0 bridgehead atoms. The molecule has 5 aromatic rings. The molecule has 0 aromatic heterocycles. The van der Waals surface area contributed by atoms with E-state index < -0.39 is 28.1 Å². The molecule has 0 spiro atoms. The Balaban J connectivity index is 0.00000461. The molecule has 0 heterocycles. The highest BCUT2D eigenvalue weighted by Gasteiger charge is 2.24. The number of aromatic hydroxyl groups is 1. The molecule has 1 atom stereocenters. The van der Waals surface area contributed by atoms with Crippen LogP contribution < -0.4 is 25.2 Å². The third kappa shape index (κ3) is 7.04. The lowest BCUT2D eigenvalue weighted by molar-refractivity contribution is -0.138. The number of sulfonamides is 1. The second-order valence-electron chi connectivity index (χ2n) is 9.86. The fourth-order valence-electron chi connectivity index (χ4n) is 4.81. The van der Waals surface area contributed by atoms with Crippen LogP contribution in [-0.4, -0.2) is 50.4 Å². The molecule has 0 aliphatic rings. The number of nitrogens with two attached hydrogens (primary N) is 1. The molecule has 0 aliphatic carbocycles. The van der Waals surface area contributed by atoms with Crippen molar-refractivity contribution in [2.45, 2.75) is 17.4 Å². The van der Waals surface area contributed by atoms with Gasteiger partial charge < -0.3 is 30.7 Å². The lowest BCUT2D eigenvalue weighted by Crippen LogP contribution is -2.36. The van der Waals surface area contributed by atoms with Gasteiger partial charge in [-0.25, -0.2) is 13.2 Å². The van der Waals surface area contributed by atoms with Gasteiger partial charge in [0.05, 0.1) is 17.7 Å². The summed E-state index contributed by atoms with van der Waals surface area (Å²) >= 11 is 0. The van der Waals surface area contributed by atoms with Gasteiger partial charge in [-0.2, -0.15) is 0 Å². The summed E-state index contributed by atoms with van der Waals surface area (Å²) in [5, 5.41) is 24.9. The van der Waals surface area contributed by atoms with Crippen molar-refractivity contribution in [2.75, 3.05) is 18.4 Å². The van der Waals surface area contributed by atoms with E-state index in [1.807, 2.05) is 12.1 Å². The summed E-state index contributed by atoms with van der Waals surface area (Å²) in [4.78, 5) is 24.0. The molecular weight excluding hydrogens is 622 g/mol. The summed E-state index contributed by atoms with van der Waals surface area (Å²) in [6.07, 6.45) is -0.922. The maximum Gasteiger partial charge on any atom is 0.412 e. The Morgan fingerprint density at radius 2 is 1.56 bits per heavy atom. The van der Waals surface area contributed by atoms with Gasteiger partial charge in [-0.15, -0.1) is 12.4 Å². The number of carboxylic acids is 1. The SMILES string of the molecule is COc1ccc(S(=O)(=O)Nc2cc(-c3c(O)ccc4ccccc34)c(OC(=O)NCCC(N)C(=O)O)c3ccccc23)cc1.Cl. The number of phenols is 1. The summed E-state index contributed by atoms with van der Waals surface area (Å²) in [5.41, 5.74) is 6.27. The summed E-state index contributed by atoms with van der Waals surface area (Å²) in [7, 11) is -2.61. The summed E-state index contributed by atoms with van der Waals surface area (Å²) in [5.74, 6) is -0.777. The fourth-order valence-corrected chi connectivity index (χ4v) is 5.88. The molecule has 5 aromatic carbocycles. The zero-order chi connectivity index (χ0) is 31.4. The summed E-state index contributed by atoms with van der Waals surface area (Å²) in [6, 6.07) is 23.5. The van der Waals surface area contributed by atoms with Crippen LogP contribution in [0.4, 0.5) is 10.5 Å². The second-order valence-corrected chi connectivity index (χ2v) is 11.5. The van der Waals surface area contributed by atoms with Crippen LogP contribution in [0.1, 0.15) is 6.42 Å². The second kappa shape index (κ2) is 13.7. The quantitative estimate of drug-likeness (QED) is 0.131. The Morgan fingerprint density at radius 3 is 2.22 bits per heavy atom. The number of anilines is 1. The molecule has 0 fully saturated rings. The average molecular weight is 652 g/mol. The molecule has 234 valence electrons. The molecule has 1 unspecified atom stereocenters. The van der Waals surface area contributed by atoms with Gasteiger partial charge in [-0.1, -0.05) is 54.6 Å². The number of fused-ring (bicyclic) bond motifs is 2. The number of phenolic OH excluding ortho intramolecular Hbond substituents is 1. The molecular formula is C32H30ClN3O8S. The smallest absolute Gasteiger partial charge is 0.412 e. The van der Waals surface area contributed by atoms with Crippen LogP contribution in [-0.2, 0) is 14.8 Å². The highest BCUT2D eigenvalue weighted by atomic mass is 35.5. The van der Waals surface area contributed by atoms with Crippen LogP contribution >= 0.6 is 12.4 Å². The van der Waals surface area contributed by atoms with Crippen molar-refractivity contribution in [2.24, 2.45) is 5.73 Å². The number of carbonyl (C=O) groups excluding carboxylic acids is 1. The van der Waals surface area contributed by atoms with E-state index in [4.69, 9.17) is 20.3 Å². The fraction of sp³-hybridized carbons (Fsp3) is 0.125. The van der Waals surface area contributed by atoms with Gasteiger partial charge in [0.15, 0.2) is 0 Å². The van der Waals surface area contributed by atoms with Gasteiger partial charge in [0.25, 0.3) is 10.0 Å². The molecule has 13 heteroatoms. The lowest BCUT2D eigenvalue weighted by Gasteiger charge is -2.20. The minimum Gasteiger partial charge on any atom is -0.507 e. The number of methoxy groups -OCH3 is 1. The van der Waals surface area contributed by atoms with E-state index in [0.717, 1.165) is 5.39 Å². The average Bonchev–Trinajstić information content (AvgIpc) is 3.02. The first kappa shape index (κ1) is 32.9. The van der Waals surface area contributed by atoms with Crippen LogP contribution in [0.3, 0.4) is 0 Å². The van der Waals surface area contributed by atoms with Crippen LogP contribution in [0, 0.1) is 0 Å². The third-order valence-corrected chi connectivity index (χ3v) is 8.40. The Bertz CT molecular complexity index is 1990. The first-order valence-corrected chi connectivity index (χ1v) is 14.9. The molecule has 11 nitrogen and oxygen atoms in total. The van der Waals surface area contributed by atoms with Crippen molar-refractivity contribution < 1.29 is 37.7 Å². The van der Waals surface area contributed by atoms with Crippen molar-refractivity contribution in [3.63, 3.8) is 0 Å². The van der Waals surface area contributed by atoms with Crippen LogP contribution in [0.2, 0.25) is 0 Å². The topological polar surface area (TPSA) is 177 Å². The molecule has 45 heavy (non-hydrogen) atoms. The minimum absolute atomic E-state index is 0. The molecule has 1 amide bonds. The van der Waals surface area contributed by atoms with Gasteiger partial charge in [0.2, 0.25) is 0 Å². The number of carbonyl (C=O) groups is 2. The van der Waals surface area contributed by atoms with Crippen molar-refractivity contribution >= 4 is 61.7 Å². The monoisotopic (exact) mass is 651 g/mol. The first-order chi connectivity index (χ1) is 21.1. The highest BCUT2D eigenvalue weighted by molar-refractivity contribution is 7.92. The maximum absolute atomic E-state index is 13.5. The van der Waals surface area contributed by atoms with Gasteiger partial charge in [0, 0.05) is 28.4 Å². The number of hydrogen-bond donors (Lipinski definition) is 5. The normalized spacial score (nSPS) is 11.8. The molecule has 6 N–H and O–H groups in total.